The molecule has 0 aliphatic heterocycles. The molecule has 0 aliphatic carbocycles. The lowest BCUT2D eigenvalue weighted by Crippen LogP contribution is -2.18. The molecule has 0 unspecified atom stereocenters. The molecule has 0 aliphatic rings. The minimum Gasteiger partial charge on any atom is -0.454 e. The van der Waals surface area contributed by atoms with Crippen LogP contribution in [0.15, 0.2) is 100 Å². The third-order valence-corrected chi connectivity index (χ3v) is 4.32. The fourth-order valence-electron chi connectivity index (χ4n) is 2.86. The van der Waals surface area contributed by atoms with Gasteiger partial charge in [0, 0.05) is 29.3 Å². The molecule has 0 atom stereocenters. The number of rotatable bonds is 6. The summed E-state index contributed by atoms with van der Waals surface area (Å²) in [5.41, 5.74) is 2.44. The number of anilines is 3. The highest BCUT2D eigenvalue weighted by molar-refractivity contribution is 6.02. The fraction of sp³-hybridized carbons (Fsp3) is 0.0435. The molecule has 6 heteroatoms. The zero-order valence-corrected chi connectivity index (χ0v) is 15.5. The number of pyridine rings is 1. The number of hydrogen-bond donors (Lipinski definition) is 2. The van der Waals surface area contributed by atoms with E-state index in [1.54, 1.807) is 30.5 Å². The lowest BCUT2D eigenvalue weighted by molar-refractivity contribution is 0.0994. The van der Waals surface area contributed by atoms with Gasteiger partial charge in [0.05, 0.1) is 6.54 Å². The van der Waals surface area contributed by atoms with Crippen LogP contribution in [0.5, 0.6) is 0 Å². The molecule has 2 aromatic heterocycles. The van der Waals surface area contributed by atoms with Crippen LogP contribution in [-0.2, 0) is 6.54 Å². The van der Waals surface area contributed by atoms with Crippen molar-refractivity contribution in [3.05, 3.63) is 113 Å². The van der Waals surface area contributed by atoms with E-state index in [1.165, 1.54) is 10.6 Å². The number of benzene rings is 2. The predicted molar refractivity (Wildman–Crippen MR) is 113 cm³/mol. The first-order valence-corrected chi connectivity index (χ1v) is 9.15. The van der Waals surface area contributed by atoms with E-state index in [2.05, 4.69) is 10.6 Å². The Balaban J connectivity index is 1.39. The van der Waals surface area contributed by atoms with Crippen LogP contribution >= 0.6 is 0 Å². The lowest BCUT2D eigenvalue weighted by atomic mass is 10.2. The Hall–Kier alpha value is -4.06. The van der Waals surface area contributed by atoms with Gasteiger partial charge in [-0.1, -0.05) is 24.3 Å². The van der Waals surface area contributed by atoms with E-state index in [0.717, 1.165) is 11.4 Å². The van der Waals surface area contributed by atoms with Crippen molar-refractivity contribution < 1.29 is 9.21 Å². The van der Waals surface area contributed by atoms with Gasteiger partial charge in [0.25, 0.3) is 11.5 Å². The van der Waals surface area contributed by atoms with Crippen molar-refractivity contribution in [1.29, 1.82) is 0 Å². The Morgan fingerprint density at radius 3 is 2.24 bits per heavy atom. The molecule has 0 spiro atoms. The molecule has 6 nitrogen and oxygen atoms in total. The van der Waals surface area contributed by atoms with E-state index in [9.17, 15) is 9.59 Å². The maximum Gasteiger partial charge on any atom is 0.291 e. The van der Waals surface area contributed by atoms with Crippen LogP contribution in [-0.4, -0.2) is 10.5 Å². The summed E-state index contributed by atoms with van der Waals surface area (Å²) in [5, 5.41) is 6.10. The van der Waals surface area contributed by atoms with Gasteiger partial charge >= 0.3 is 0 Å². The maximum atomic E-state index is 12.4. The van der Waals surface area contributed by atoms with Crippen LogP contribution in [0, 0.1) is 0 Å². The van der Waals surface area contributed by atoms with Crippen molar-refractivity contribution in [2.24, 2.45) is 0 Å². The Morgan fingerprint density at radius 2 is 1.48 bits per heavy atom. The molecule has 0 saturated carbocycles. The average Bonchev–Trinajstić information content (AvgIpc) is 3.21. The standard InChI is InChI=1S/C23H19N3O3/c27-22-8-4-5-15-26(22)16-20-13-14-21(29-20)23(28)25-19-11-9-18(10-12-19)24-17-6-2-1-3-7-17/h1-15,24H,16H2,(H,25,28). The minimum absolute atomic E-state index is 0.126. The van der Waals surface area contributed by atoms with Crippen molar-refractivity contribution in [2.75, 3.05) is 10.6 Å². The average molecular weight is 385 g/mol. The van der Waals surface area contributed by atoms with Crippen LogP contribution in [0.3, 0.4) is 0 Å². The first-order chi connectivity index (χ1) is 14.2. The Kier molecular flexibility index (Phi) is 5.25. The lowest BCUT2D eigenvalue weighted by Gasteiger charge is -2.08. The van der Waals surface area contributed by atoms with Crippen molar-refractivity contribution in [3.8, 4) is 0 Å². The molecule has 4 rings (SSSR count). The molecule has 0 fully saturated rings. The Bertz CT molecular complexity index is 1160. The molecule has 2 N–H and O–H groups in total. The molecule has 4 aromatic rings. The molecule has 0 saturated heterocycles. The minimum atomic E-state index is -0.347. The summed E-state index contributed by atoms with van der Waals surface area (Å²) < 4.78 is 7.11. The molecule has 0 radical (unpaired) electrons. The summed E-state index contributed by atoms with van der Waals surface area (Å²) >= 11 is 0. The summed E-state index contributed by atoms with van der Waals surface area (Å²) in [6.07, 6.45) is 1.68. The number of nitrogens with zero attached hydrogens (tertiary/aromatic N) is 1. The SMILES string of the molecule is O=C(Nc1ccc(Nc2ccccc2)cc1)c1ccc(Cn2ccccc2=O)o1. The molecule has 144 valence electrons. The highest BCUT2D eigenvalue weighted by atomic mass is 16.4. The van der Waals surface area contributed by atoms with Crippen LogP contribution in [0.25, 0.3) is 0 Å². The van der Waals surface area contributed by atoms with E-state index in [1.807, 2.05) is 54.6 Å². The van der Waals surface area contributed by atoms with E-state index in [-0.39, 0.29) is 23.8 Å². The third kappa shape index (κ3) is 4.62. The number of amides is 1. The number of nitrogens with one attached hydrogen (secondary N) is 2. The Labute approximate surface area is 167 Å². The number of carbonyl (C=O) groups is 1. The van der Waals surface area contributed by atoms with Gasteiger partial charge in [-0.3, -0.25) is 9.59 Å². The van der Waals surface area contributed by atoms with Crippen molar-refractivity contribution in [2.45, 2.75) is 6.54 Å². The van der Waals surface area contributed by atoms with Crippen LogP contribution in [0.4, 0.5) is 17.1 Å². The van der Waals surface area contributed by atoms with E-state index in [0.29, 0.717) is 11.4 Å². The second kappa shape index (κ2) is 8.31. The monoisotopic (exact) mass is 385 g/mol. The number of hydrogen-bond acceptors (Lipinski definition) is 4. The summed E-state index contributed by atoms with van der Waals surface area (Å²) in [7, 11) is 0. The van der Waals surface area contributed by atoms with Gasteiger partial charge in [-0.15, -0.1) is 0 Å². The second-order valence-electron chi connectivity index (χ2n) is 6.46. The number of aromatic nitrogens is 1. The van der Waals surface area contributed by atoms with E-state index < -0.39 is 0 Å². The molecular weight excluding hydrogens is 366 g/mol. The highest BCUT2D eigenvalue weighted by Gasteiger charge is 2.12. The fourth-order valence-corrected chi connectivity index (χ4v) is 2.86. The Morgan fingerprint density at radius 1 is 0.793 bits per heavy atom. The smallest absolute Gasteiger partial charge is 0.291 e. The topological polar surface area (TPSA) is 76.3 Å². The van der Waals surface area contributed by atoms with Gasteiger partial charge in [-0.05, 0) is 54.6 Å². The molecule has 2 heterocycles. The number of carbonyl (C=O) groups excluding carboxylic acids is 1. The van der Waals surface area contributed by atoms with Gasteiger partial charge < -0.3 is 19.6 Å². The van der Waals surface area contributed by atoms with Gasteiger partial charge in [0.1, 0.15) is 5.76 Å². The summed E-state index contributed by atoms with van der Waals surface area (Å²) in [4.78, 5) is 24.2. The summed E-state index contributed by atoms with van der Waals surface area (Å²) in [6, 6.07) is 25.5. The third-order valence-electron chi connectivity index (χ3n) is 4.32. The van der Waals surface area contributed by atoms with Gasteiger partial charge in [0.2, 0.25) is 0 Å². The summed E-state index contributed by atoms with van der Waals surface area (Å²) in [6.45, 7) is 0.271. The quantitative estimate of drug-likeness (QED) is 0.513. The van der Waals surface area contributed by atoms with Crippen molar-refractivity contribution >= 4 is 23.0 Å². The van der Waals surface area contributed by atoms with Crippen LogP contribution < -0.4 is 16.2 Å². The highest BCUT2D eigenvalue weighted by Crippen LogP contribution is 2.19. The first-order valence-electron chi connectivity index (χ1n) is 9.15. The van der Waals surface area contributed by atoms with Crippen molar-refractivity contribution in [1.82, 2.24) is 4.57 Å². The molecule has 1 amide bonds. The van der Waals surface area contributed by atoms with Gasteiger partial charge in [-0.25, -0.2) is 0 Å². The maximum absolute atomic E-state index is 12.4. The first kappa shape index (κ1) is 18.3. The molecule has 2 aromatic carbocycles. The predicted octanol–water partition coefficient (Wildman–Crippen LogP) is 4.49. The molecule has 0 bridgehead atoms. The molecular formula is C23H19N3O3. The largest absolute Gasteiger partial charge is 0.454 e. The van der Waals surface area contributed by atoms with Gasteiger partial charge in [-0.2, -0.15) is 0 Å². The van der Waals surface area contributed by atoms with Crippen LogP contribution in [0.1, 0.15) is 16.3 Å². The van der Waals surface area contributed by atoms with E-state index >= 15 is 0 Å². The number of para-hydroxylation sites is 1. The zero-order chi connectivity index (χ0) is 20.1. The molecule has 29 heavy (non-hydrogen) atoms. The van der Waals surface area contributed by atoms with E-state index in [4.69, 9.17) is 4.42 Å². The summed E-state index contributed by atoms with van der Waals surface area (Å²) in [5.74, 6) is 0.377. The normalized spacial score (nSPS) is 10.5. The van der Waals surface area contributed by atoms with Gasteiger partial charge in [0.15, 0.2) is 5.76 Å². The number of furan rings is 1. The zero-order valence-electron chi connectivity index (χ0n) is 15.5. The second-order valence-corrected chi connectivity index (χ2v) is 6.46. The van der Waals surface area contributed by atoms with Crippen LogP contribution in [0.2, 0.25) is 0 Å². The van der Waals surface area contributed by atoms with Crippen molar-refractivity contribution in [3.63, 3.8) is 0 Å².